The molecule has 0 amide bonds. The van der Waals surface area contributed by atoms with Gasteiger partial charge in [-0.2, -0.15) is 26.3 Å². The van der Waals surface area contributed by atoms with Crippen molar-refractivity contribution in [3.63, 3.8) is 0 Å². The first-order valence-corrected chi connectivity index (χ1v) is 13.6. The fourth-order valence-corrected chi connectivity index (χ4v) is 5.13. The van der Waals surface area contributed by atoms with Gasteiger partial charge >= 0.3 is 30.7 Å². The average Bonchev–Trinajstić information content (AvgIpc) is 3.47. The lowest BCUT2D eigenvalue weighted by Crippen LogP contribution is -2.35. The lowest BCUT2D eigenvalue weighted by atomic mass is 10.0. The van der Waals surface area contributed by atoms with E-state index in [0.29, 0.717) is 25.0 Å². The Kier molecular flexibility index (Phi) is 9.04. The molecule has 0 radical (unpaired) electrons. The number of hydrogen-bond donors (Lipinski definition) is 0. The van der Waals surface area contributed by atoms with Gasteiger partial charge in [0.15, 0.2) is 0 Å². The number of ether oxygens (including phenoxy) is 6. The zero-order chi connectivity index (χ0) is 36.4. The molecule has 0 aromatic heterocycles. The lowest BCUT2D eigenvalue weighted by molar-refractivity contribution is -0.432. The van der Waals surface area contributed by atoms with Crippen molar-refractivity contribution in [1.82, 2.24) is 0 Å². The van der Waals surface area contributed by atoms with E-state index in [1.165, 1.54) is 0 Å². The molecule has 49 heavy (non-hydrogen) atoms. The maximum Gasteiger partial charge on any atom is 0.527 e. The van der Waals surface area contributed by atoms with Gasteiger partial charge in [0, 0.05) is 29.8 Å². The second-order valence-corrected chi connectivity index (χ2v) is 10.7. The van der Waals surface area contributed by atoms with Crippen LogP contribution in [0, 0.1) is 29.1 Å². The second-order valence-electron chi connectivity index (χ2n) is 10.7. The van der Waals surface area contributed by atoms with Crippen LogP contribution < -0.4 is 9.47 Å². The molecule has 2 fully saturated rings. The maximum atomic E-state index is 15.0. The third-order valence-electron chi connectivity index (χ3n) is 7.09. The molecular formula is C29H18F14O6. The molecule has 6 nitrogen and oxygen atoms in total. The van der Waals surface area contributed by atoms with Crippen molar-refractivity contribution in [2.24, 2.45) is 0 Å². The fraction of sp³-hybridized carbons (Fsp3) is 0.379. The van der Waals surface area contributed by atoms with Gasteiger partial charge in [-0.15, -0.1) is 13.2 Å². The maximum absolute atomic E-state index is 15.0. The molecule has 0 N–H and O–H groups in total. The highest BCUT2D eigenvalue weighted by atomic mass is 19.4. The van der Waals surface area contributed by atoms with Gasteiger partial charge in [0.25, 0.3) is 0 Å². The minimum atomic E-state index is -6.11. The molecule has 0 aliphatic carbocycles. The van der Waals surface area contributed by atoms with Crippen LogP contribution >= 0.6 is 0 Å². The van der Waals surface area contributed by atoms with Crippen LogP contribution in [-0.2, 0) is 43.2 Å². The van der Waals surface area contributed by atoms with Gasteiger partial charge < -0.3 is 23.7 Å². The van der Waals surface area contributed by atoms with Crippen LogP contribution in [0.3, 0.4) is 0 Å². The summed E-state index contributed by atoms with van der Waals surface area (Å²) in [4.78, 5) is 0. The highest BCUT2D eigenvalue weighted by Gasteiger charge is 2.60. The summed E-state index contributed by atoms with van der Waals surface area (Å²) in [6, 6.07) is 0.656. The van der Waals surface area contributed by atoms with Crippen molar-refractivity contribution < 1.29 is 89.9 Å². The Hall–Kier alpha value is -3.88. The van der Waals surface area contributed by atoms with Crippen LogP contribution in [0.4, 0.5) is 61.5 Å². The summed E-state index contributed by atoms with van der Waals surface area (Å²) >= 11 is 0. The van der Waals surface area contributed by atoms with Gasteiger partial charge in [0.05, 0.1) is 18.8 Å². The van der Waals surface area contributed by atoms with Gasteiger partial charge in [-0.25, -0.2) is 26.7 Å². The standard InChI is InChI=1S/C29H18F14O6/c1-2-5-24-11-44-28(48-24,45-12-24)13-3-4-16(17(30)6-13)25(35,36)46-14-7-18(31)22(19(32)8-14)26(37,38)47-15-9-20(33)23(21(34)10-15)27(39,40)49-29(41,42)43/h3-4,6-10H,2,5,11-12H2,1H3. The normalized spacial score (nSPS) is 21.4. The van der Waals surface area contributed by atoms with Crippen LogP contribution in [0.2, 0.25) is 0 Å². The molecule has 2 aliphatic rings. The molecule has 20 heteroatoms. The lowest BCUT2D eigenvalue weighted by Gasteiger charge is -2.25. The zero-order valence-corrected chi connectivity index (χ0v) is 24.1. The first-order chi connectivity index (χ1) is 22.5. The van der Waals surface area contributed by atoms with E-state index in [2.05, 4.69) is 14.2 Å². The van der Waals surface area contributed by atoms with Crippen LogP contribution in [0.25, 0.3) is 0 Å². The second kappa shape index (κ2) is 12.2. The molecule has 2 aliphatic heterocycles. The van der Waals surface area contributed by atoms with Crippen molar-refractivity contribution in [3.05, 3.63) is 93.8 Å². The van der Waals surface area contributed by atoms with Crippen LogP contribution in [0.5, 0.6) is 11.5 Å². The zero-order valence-electron chi connectivity index (χ0n) is 24.1. The molecule has 5 rings (SSSR count). The van der Waals surface area contributed by atoms with E-state index in [4.69, 9.17) is 14.2 Å². The molecule has 0 atom stereocenters. The Bertz CT molecular complexity index is 1690. The van der Waals surface area contributed by atoms with E-state index < -0.39 is 106 Å². The highest BCUT2D eigenvalue weighted by Crippen LogP contribution is 2.49. The predicted octanol–water partition coefficient (Wildman–Crippen LogP) is 8.95. The van der Waals surface area contributed by atoms with E-state index >= 15 is 0 Å². The van der Waals surface area contributed by atoms with Crippen molar-refractivity contribution in [2.45, 2.75) is 56.0 Å². The number of halogens is 14. The molecule has 268 valence electrons. The topological polar surface area (TPSA) is 55.4 Å². The minimum Gasteiger partial charge on any atom is -0.429 e. The Labute approximate surface area is 265 Å². The monoisotopic (exact) mass is 728 g/mol. The summed E-state index contributed by atoms with van der Waals surface area (Å²) in [6.07, 6.45) is -20.6. The van der Waals surface area contributed by atoms with Crippen LogP contribution in [0.1, 0.15) is 42.0 Å². The average molecular weight is 728 g/mol. The molecule has 2 saturated heterocycles. The van der Waals surface area contributed by atoms with Crippen molar-refractivity contribution in [2.75, 3.05) is 13.2 Å². The largest absolute Gasteiger partial charge is 0.527 e. The minimum absolute atomic E-state index is 0.0699. The Morgan fingerprint density at radius 1 is 0.633 bits per heavy atom. The Morgan fingerprint density at radius 2 is 1.10 bits per heavy atom. The number of fused-ring (bicyclic) bond motifs is 2. The van der Waals surface area contributed by atoms with E-state index in [1.807, 2.05) is 6.92 Å². The fourth-order valence-electron chi connectivity index (χ4n) is 5.13. The Morgan fingerprint density at radius 3 is 1.55 bits per heavy atom. The quantitative estimate of drug-likeness (QED) is 0.184. The van der Waals surface area contributed by atoms with Crippen molar-refractivity contribution in [1.29, 1.82) is 0 Å². The molecule has 3 aromatic rings. The summed E-state index contributed by atoms with van der Waals surface area (Å²) < 4.78 is 223. The van der Waals surface area contributed by atoms with Crippen LogP contribution in [0.15, 0.2) is 42.5 Å². The van der Waals surface area contributed by atoms with Gasteiger partial charge in [0.2, 0.25) is 0 Å². The Balaban J connectivity index is 1.35. The summed E-state index contributed by atoms with van der Waals surface area (Å²) in [7, 11) is 0. The molecule has 0 spiro atoms. The van der Waals surface area contributed by atoms with E-state index in [-0.39, 0.29) is 30.9 Å². The molecule has 3 aromatic carbocycles. The van der Waals surface area contributed by atoms with Gasteiger partial charge in [-0.3, -0.25) is 0 Å². The van der Waals surface area contributed by atoms with E-state index in [1.54, 1.807) is 0 Å². The number of benzene rings is 3. The number of hydrogen-bond acceptors (Lipinski definition) is 6. The first-order valence-electron chi connectivity index (χ1n) is 13.6. The van der Waals surface area contributed by atoms with Crippen molar-refractivity contribution in [3.8, 4) is 11.5 Å². The number of rotatable bonds is 11. The summed E-state index contributed by atoms with van der Waals surface area (Å²) in [5.41, 5.74) is -7.52. The van der Waals surface area contributed by atoms with Gasteiger partial charge in [0.1, 0.15) is 57.3 Å². The molecule has 0 unspecified atom stereocenters. The molecular weight excluding hydrogens is 710 g/mol. The molecule has 0 saturated carbocycles. The van der Waals surface area contributed by atoms with Crippen molar-refractivity contribution >= 4 is 0 Å². The third-order valence-corrected chi connectivity index (χ3v) is 7.09. The molecule has 2 heterocycles. The predicted molar refractivity (Wildman–Crippen MR) is 132 cm³/mol. The number of alkyl halides is 9. The SMILES string of the molecule is CCCC12COC(c3ccc(C(F)(F)Oc4cc(F)c(C(F)(F)Oc5cc(F)c(C(F)(F)OC(F)(F)F)c(F)c5)c(F)c4)c(F)c3)(OC1)O2. The molecule has 2 bridgehead atoms. The summed E-state index contributed by atoms with van der Waals surface area (Å²) in [6.45, 7) is 2.00. The van der Waals surface area contributed by atoms with Gasteiger partial charge in [-0.05, 0) is 18.6 Å². The van der Waals surface area contributed by atoms with Gasteiger partial charge in [-0.1, -0.05) is 19.4 Å². The summed E-state index contributed by atoms with van der Waals surface area (Å²) in [5.74, 6) is -16.7. The van der Waals surface area contributed by atoms with Crippen LogP contribution in [-0.4, -0.2) is 25.2 Å². The first kappa shape index (κ1) is 36.4. The smallest absolute Gasteiger partial charge is 0.429 e. The van der Waals surface area contributed by atoms with E-state index in [0.717, 1.165) is 6.07 Å². The van der Waals surface area contributed by atoms with E-state index in [9.17, 15) is 61.5 Å². The third kappa shape index (κ3) is 7.08. The highest BCUT2D eigenvalue weighted by molar-refractivity contribution is 5.37. The summed E-state index contributed by atoms with van der Waals surface area (Å²) in [5, 5.41) is 0.